The second-order valence-electron chi connectivity index (χ2n) is 9.17. The lowest BCUT2D eigenvalue weighted by Crippen LogP contribution is -2.19. The molecule has 37 heavy (non-hydrogen) atoms. The Balaban J connectivity index is 1.62. The number of sulfonamides is 1. The van der Waals surface area contributed by atoms with Crippen molar-refractivity contribution in [2.45, 2.75) is 32.6 Å². The molecule has 4 rings (SSSR count). The molecule has 0 aliphatic heterocycles. The van der Waals surface area contributed by atoms with E-state index in [0.717, 1.165) is 29.4 Å². The molecule has 0 saturated carbocycles. The molecule has 190 valence electrons. The fourth-order valence-corrected chi connectivity index (χ4v) is 4.67. The van der Waals surface area contributed by atoms with Crippen LogP contribution < -0.4 is 9.46 Å². The Morgan fingerprint density at radius 2 is 1.81 bits per heavy atom. The topological polar surface area (TPSA) is 118 Å². The molecule has 0 unspecified atom stereocenters. The van der Waals surface area contributed by atoms with Gasteiger partial charge in [-0.25, -0.2) is 23.4 Å². The predicted molar refractivity (Wildman–Crippen MR) is 145 cm³/mol. The zero-order valence-electron chi connectivity index (χ0n) is 20.9. The molecule has 2 aromatic carbocycles. The molecule has 10 heteroatoms. The van der Waals surface area contributed by atoms with E-state index < -0.39 is 15.4 Å². The second-order valence-corrected chi connectivity index (χ2v) is 11.3. The van der Waals surface area contributed by atoms with Gasteiger partial charge in [-0.1, -0.05) is 56.6 Å². The van der Waals surface area contributed by atoms with Gasteiger partial charge >= 0.3 is 0 Å². The molecule has 1 N–H and O–H groups in total. The van der Waals surface area contributed by atoms with E-state index in [1.807, 2.05) is 43.3 Å². The molecule has 0 aliphatic carbocycles. The summed E-state index contributed by atoms with van der Waals surface area (Å²) in [6.45, 7) is 6.64. The summed E-state index contributed by atoms with van der Waals surface area (Å²) in [4.78, 5) is 13.2. The van der Waals surface area contributed by atoms with Gasteiger partial charge in [0, 0.05) is 11.0 Å². The summed E-state index contributed by atoms with van der Waals surface area (Å²) in [5.41, 5.74) is 4.33. The van der Waals surface area contributed by atoms with Crippen LogP contribution in [0.3, 0.4) is 0 Å². The van der Waals surface area contributed by atoms with Crippen LogP contribution in [0.15, 0.2) is 54.7 Å². The van der Waals surface area contributed by atoms with Crippen molar-refractivity contribution in [1.82, 2.24) is 15.0 Å². The Morgan fingerprint density at radius 1 is 1.08 bits per heavy atom. The number of halogens is 1. The van der Waals surface area contributed by atoms with Crippen molar-refractivity contribution in [3.8, 4) is 23.1 Å². The number of rotatable bonds is 8. The monoisotopic (exact) mass is 535 g/mol. The maximum Gasteiger partial charge on any atom is 0.230 e. The zero-order chi connectivity index (χ0) is 26.8. The van der Waals surface area contributed by atoms with Crippen molar-refractivity contribution < 1.29 is 13.2 Å². The van der Waals surface area contributed by atoms with E-state index in [9.17, 15) is 13.7 Å². The van der Waals surface area contributed by atoms with Gasteiger partial charge in [0.2, 0.25) is 10.0 Å². The maximum absolute atomic E-state index is 11.5. The van der Waals surface area contributed by atoms with Gasteiger partial charge in [0.25, 0.3) is 0 Å². The summed E-state index contributed by atoms with van der Waals surface area (Å²) >= 11 is 6.51. The number of nitriles is 1. The number of benzene rings is 2. The molecule has 2 aromatic heterocycles. The molecular formula is C27H26ClN5O3S. The van der Waals surface area contributed by atoms with Crippen molar-refractivity contribution in [1.29, 1.82) is 5.26 Å². The maximum atomic E-state index is 11.5. The van der Waals surface area contributed by atoms with Gasteiger partial charge in [0.15, 0.2) is 11.4 Å². The van der Waals surface area contributed by atoms with Gasteiger partial charge in [-0.15, -0.1) is 0 Å². The molecule has 4 aromatic rings. The van der Waals surface area contributed by atoms with Crippen molar-refractivity contribution in [2.75, 3.05) is 17.6 Å². The fourth-order valence-electron chi connectivity index (χ4n) is 3.90. The Morgan fingerprint density at radius 3 is 2.46 bits per heavy atom. The first-order valence-electron chi connectivity index (χ1n) is 11.6. The summed E-state index contributed by atoms with van der Waals surface area (Å²) < 4.78 is 30.9. The second kappa shape index (κ2) is 10.3. The number of nitrogens with one attached hydrogen (secondary N) is 1. The Hall–Kier alpha value is -3.74. The minimum atomic E-state index is -3.44. The first-order chi connectivity index (χ1) is 17.5. The lowest BCUT2D eigenvalue weighted by molar-refractivity contribution is 0.316. The van der Waals surface area contributed by atoms with Crippen LogP contribution in [0, 0.1) is 11.3 Å². The normalized spacial score (nSPS) is 11.8. The van der Waals surface area contributed by atoms with Crippen molar-refractivity contribution in [3.05, 3.63) is 76.4 Å². The number of anilines is 1. The number of pyridine rings is 1. The van der Waals surface area contributed by atoms with Gasteiger partial charge in [0.05, 0.1) is 35.3 Å². The third-order valence-electron chi connectivity index (χ3n) is 5.93. The van der Waals surface area contributed by atoms with Crippen LogP contribution in [0.5, 0.6) is 5.75 Å². The van der Waals surface area contributed by atoms with Gasteiger partial charge in [-0.05, 0) is 41.8 Å². The number of hydrogen-bond acceptors (Lipinski definition) is 7. The van der Waals surface area contributed by atoms with Crippen LogP contribution in [0.2, 0.25) is 5.02 Å². The Labute approximate surface area is 221 Å². The largest absolute Gasteiger partial charge is 0.491 e. The van der Waals surface area contributed by atoms with E-state index in [1.165, 1.54) is 0 Å². The highest BCUT2D eigenvalue weighted by Crippen LogP contribution is 2.38. The molecule has 0 amide bonds. The molecule has 0 spiro atoms. The number of ether oxygens (including phenoxy) is 1. The first-order valence-corrected chi connectivity index (χ1v) is 13.9. The van der Waals surface area contributed by atoms with Gasteiger partial charge in [-0.2, -0.15) is 5.26 Å². The molecule has 0 bridgehead atoms. The van der Waals surface area contributed by atoms with Gasteiger partial charge < -0.3 is 4.74 Å². The SMILES string of the molecule is CCCOc1c(Cl)cc(C(C)(C)c2ccc(-c3cnc4nc(NS(C)(=O)=O)ccc4n3)cc2)cc1C#N. The molecule has 2 heterocycles. The van der Waals surface area contributed by atoms with Gasteiger partial charge in [-0.3, -0.25) is 4.72 Å². The molecule has 0 radical (unpaired) electrons. The van der Waals surface area contributed by atoms with Crippen LogP contribution in [-0.4, -0.2) is 36.2 Å². The minimum absolute atomic E-state index is 0.188. The summed E-state index contributed by atoms with van der Waals surface area (Å²) in [6.07, 6.45) is 3.49. The summed E-state index contributed by atoms with van der Waals surface area (Å²) in [5.74, 6) is 0.609. The molecule has 0 aliphatic rings. The summed E-state index contributed by atoms with van der Waals surface area (Å²) in [7, 11) is -3.44. The third-order valence-corrected chi connectivity index (χ3v) is 6.79. The lowest BCUT2D eigenvalue weighted by atomic mass is 9.77. The minimum Gasteiger partial charge on any atom is -0.491 e. The van der Waals surface area contributed by atoms with Crippen molar-refractivity contribution in [3.63, 3.8) is 0 Å². The quantitative estimate of drug-likeness (QED) is 0.307. The van der Waals surface area contributed by atoms with E-state index in [1.54, 1.807) is 18.3 Å². The number of aromatic nitrogens is 3. The van der Waals surface area contributed by atoms with Crippen molar-refractivity contribution in [2.24, 2.45) is 0 Å². The van der Waals surface area contributed by atoms with E-state index in [4.69, 9.17) is 16.3 Å². The molecule has 0 fully saturated rings. The fraction of sp³-hybridized carbons (Fsp3) is 0.259. The van der Waals surface area contributed by atoms with E-state index in [2.05, 4.69) is 39.6 Å². The molecule has 0 atom stereocenters. The molecular weight excluding hydrogens is 510 g/mol. The zero-order valence-corrected chi connectivity index (χ0v) is 22.5. The number of hydrogen-bond donors (Lipinski definition) is 1. The summed E-state index contributed by atoms with van der Waals surface area (Å²) in [6, 6.07) is 17.1. The highest BCUT2D eigenvalue weighted by molar-refractivity contribution is 7.92. The average molecular weight is 536 g/mol. The van der Waals surface area contributed by atoms with Crippen LogP contribution in [-0.2, 0) is 15.4 Å². The highest BCUT2D eigenvalue weighted by atomic mass is 35.5. The van der Waals surface area contributed by atoms with Crippen LogP contribution in [0.25, 0.3) is 22.4 Å². The number of fused-ring (bicyclic) bond motifs is 1. The highest BCUT2D eigenvalue weighted by Gasteiger charge is 2.26. The van der Waals surface area contributed by atoms with E-state index in [-0.39, 0.29) is 5.82 Å². The standard InChI is InChI=1S/C27H26ClN5O3S/c1-5-12-36-25-18(15-29)13-20(14-21(25)28)27(2,3)19-8-6-17(7-9-19)23-16-30-26-22(31-23)10-11-24(32-26)33-37(4,34)35/h6-11,13-14,16H,5,12H2,1-4H3,(H,30,32,33). The predicted octanol–water partition coefficient (Wildman–Crippen LogP) is 5.70. The van der Waals surface area contributed by atoms with Gasteiger partial charge in [0.1, 0.15) is 17.4 Å². The number of nitrogens with zero attached hydrogens (tertiary/aromatic N) is 4. The average Bonchev–Trinajstić information content (AvgIpc) is 2.86. The molecule has 8 nitrogen and oxygen atoms in total. The Kier molecular flexibility index (Phi) is 7.35. The summed E-state index contributed by atoms with van der Waals surface area (Å²) in [5, 5.41) is 10.1. The first kappa shape index (κ1) is 26.3. The Bertz CT molecular complexity index is 1610. The smallest absolute Gasteiger partial charge is 0.230 e. The van der Waals surface area contributed by atoms with Crippen LogP contribution in [0.1, 0.15) is 43.9 Å². The van der Waals surface area contributed by atoms with E-state index in [0.29, 0.717) is 39.8 Å². The lowest BCUT2D eigenvalue weighted by Gasteiger charge is -2.27. The van der Waals surface area contributed by atoms with Crippen LogP contribution in [0.4, 0.5) is 5.82 Å². The third kappa shape index (κ3) is 5.82. The van der Waals surface area contributed by atoms with Crippen LogP contribution >= 0.6 is 11.6 Å². The van der Waals surface area contributed by atoms with E-state index >= 15 is 0 Å². The molecule has 0 saturated heterocycles. The van der Waals surface area contributed by atoms with Crippen molar-refractivity contribution >= 4 is 38.6 Å².